The van der Waals surface area contributed by atoms with Crippen LogP contribution in [0, 0.1) is 11.8 Å². The van der Waals surface area contributed by atoms with Crippen molar-refractivity contribution in [2.24, 2.45) is 11.8 Å². The number of esters is 1. The first-order chi connectivity index (χ1) is 24.0. The Bertz CT molecular complexity index is 1600. The van der Waals surface area contributed by atoms with Gasteiger partial charge >= 0.3 is 5.97 Å². The molecule has 3 heterocycles. The number of ether oxygens (including phenoxy) is 3. The summed E-state index contributed by atoms with van der Waals surface area (Å²) < 4.78 is 18.4. The van der Waals surface area contributed by atoms with Crippen LogP contribution in [0.3, 0.4) is 0 Å². The van der Waals surface area contributed by atoms with E-state index in [0.29, 0.717) is 22.7 Å². The second-order valence-electron chi connectivity index (χ2n) is 12.9. The van der Waals surface area contributed by atoms with Gasteiger partial charge in [-0.15, -0.1) is 13.2 Å². The van der Waals surface area contributed by atoms with Crippen LogP contribution < -0.4 is 10.2 Å². The number of amides is 3. The van der Waals surface area contributed by atoms with E-state index in [2.05, 4.69) is 34.4 Å². The molecule has 9 atom stereocenters. The van der Waals surface area contributed by atoms with Gasteiger partial charge in [0, 0.05) is 24.9 Å². The lowest BCUT2D eigenvalue weighted by Crippen LogP contribution is -2.58. The zero-order chi connectivity index (χ0) is 36.2. The molecule has 3 saturated heterocycles. The summed E-state index contributed by atoms with van der Waals surface area (Å²) in [7, 11) is 1.49. The monoisotopic (exact) mass is 771 g/mol. The Labute approximate surface area is 305 Å². The molecular formula is C37H43BrClN3O8. The molecule has 0 saturated carbocycles. The number of nitrogens with one attached hydrogen (secondary N) is 1. The molecule has 2 bridgehead atoms. The van der Waals surface area contributed by atoms with Crippen LogP contribution in [0.1, 0.15) is 37.9 Å². The van der Waals surface area contributed by atoms with E-state index < -0.39 is 77.0 Å². The van der Waals surface area contributed by atoms with Crippen LogP contribution in [0.15, 0.2) is 79.9 Å². The third-order valence-corrected chi connectivity index (χ3v) is 10.9. The number of aliphatic hydroxyl groups excluding tert-OH is 1. The van der Waals surface area contributed by atoms with Crippen LogP contribution >= 0.6 is 27.5 Å². The molecule has 3 amide bonds. The zero-order valence-corrected chi connectivity index (χ0v) is 30.4. The first-order valence-electron chi connectivity index (χ1n) is 16.6. The van der Waals surface area contributed by atoms with E-state index in [1.165, 1.54) is 16.9 Å². The number of benzene rings is 2. The highest BCUT2D eigenvalue weighted by Crippen LogP contribution is 2.61. The van der Waals surface area contributed by atoms with Crippen molar-refractivity contribution in [3.8, 4) is 0 Å². The van der Waals surface area contributed by atoms with E-state index in [0.717, 1.165) is 0 Å². The standard InChI is InChI=1S/C37H43BrClN3O8/c1-5-7-17-28(44)40-26(21-48-4)31(23-13-9-8-10-14-23)49-36(47)29-30-34(45)42(22(3)20-43)33(37(30)19-24(38)32(29)50-37)35(46)41(18-6-2)27-16-12-11-15-25(27)39/h5-6,8-16,22,24,26,29-33,43H,1-2,7,17-21H2,3-4H3,(H,40,44)/t22-,24?,26-,29-,30+,31-,32-,33-,37+/m1/s1. The molecule has 0 aromatic heterocycles. The van der Waals surface area contributed by atoms with E-state index >= 15 is 0 Å². The Morgan fingerprint density at radius 1 is 1.18 bits per heavy atom. The number of nitrogens with zero attached hydrogens (tertiary/aromatic N) is 2. The predicted molar refractivity (Wildman–Crippen MR) is 192 cm³/mol. The SMILES string of the molecule is C=CCCC(=O)N[C@H](COC)[C@H](OC(=O)[C@H]1[C@@H]2O[C@@]3(CC2Br)[C@@H]1C(=O)N([C@H](C)CO)[C@@H]3C(=O)N(CC=C)c1ccccc1Cl)c1ccccc1. The van der Waals surface area contributed by atoms with Gasteiger partial charge in [-0.3, -0.25) is 19.2 Å². The number of hydrogen-bond donors (Lipinski definition) is 2. The molecule has 3 aliphatic rings. The molecule has 3 fully saturated rings. The second kappa shape index (κ2) is 16.2. The fourth-order valence-corrected chi connectivity index (χ4v) is 8.74. The van der Waals surface area contributed by atoms with E-state index in [4.69, 9.17) is 25.8 Å². The Morgan fingerprint density at radius 3 is 2.52 bits per heavy atom. The minimum Gasteiger partial charge on any atom is -0.455 e. The van der Waals surface area contributed by atoms with Gasteiger partial charge in [0.2, 0.25) is 11.8 Å². The van der Waals surface area contributed by atoms with Crippen LogP contribution in [0.2, 0.25) is 5.02 Å². The molecule has 11 nitrogen and oxygen atoms in total. The molecule has 2 aromatic carbocycles. The van der Waals surface area contributed by atoms with Crippen molar-refractivity contribution in [3.05, 3.63) is 90.5 Å². The number of alkyl halides is 1. The number of para-hydroxylation sites is 1. The fraction of sp³-hybridized carbons (Fsp3) is 0.459. The Kier molecular flexibility index (Phi) is 12.2. The minimum absolute atomic E-state index is 0.0319. The van der Waals surface area contributed by atoms with Crippen molar-refractivity contribution >= 4 is 56.9 Å². The van der Waals surface area contributed by atoms with Gasteiger partial charge in [-0.25, -0.2) is 0 Å². The fourth-order valence-electron chi connectivity index (χ4n) is 7.56. The molecule has 13 heteroatoms. The maximum Gasteiger partial charge on any atom is 0.313 e. The second-order valence-corrected chi connectivity index (χ2v) is 14.4. The van der Waals surface area contributed by atoms with Gasteiger partial charge in [-0.2, -0.15) is 0 Å². The average molecular weight is 773 g/mol. The average Bonchev–Trinajstić information content (AvgIpc) is 3.71. The highest BCUT2D eigenvalue weighted by molar-refractivity contribution is 9.09. The van der Waals surface area contributed by atoms with Crippen LogP contribution in [-0.2, 0) is 33.4 Å². The number of anilines is 1. The van der Waals surface area contributed by atoms with Crippen LogP contribution in [-0.4, -0.2) is 95.2 Å². The quantitative estimate of drug-likeness (QED) is 0.146. The smallest absolute Gasteiger partial charge is 0.313 e. The highest BCUT2D eigenvalue weighted by atomic mass is 79.9. The molecule has 5 rings (SSSR count). The number of hydrogen-bond acceptors (Lipinski definition) is 8. The minimum atomic E-state index is -1.42. The van der Waals surface area contributed by atoms with E-state index in [1.807, 2.05) is 6.07 Å². The summed E-state index contributed by atoms with van der Waals surface area (Å²) in [5.74, 6) is -4.15. The normalized spacial score (nSPS) is 26.9. The van der Waals surface area contributed by atoms with Gasteiger partial charge in [0.05, 0.1) is 53.9 Å². The lowest BCUT2D eigenvalue weighted by atomic mass is 9.70. The molecule has 268 valence electrons. The van der Waals surface area contributed by atoms with Crippen molar-refractivity contribution in [1.82, 2.24) is 10.2 Å². The van der Waals surface area contributed by atoms with Crippen molar-refractivity contribution in [3.63, 3.8) is 0 Å². The van der Waals surface area contributed by atoms with Gasteiger partial charge < -0.3 is 34.4 Å². The number of likely N-dealkylation sites (tertiary alicyclic amines) is 1. The Hall–Kier alpha value is -3.55. The molecule has 1 spiro atoms. The van der Waals surface area contributed by atoms with Crippen molar-refractivity contribution in [2.45, 2.75) is 66.9 Å². The maximum absolute atomic E-state index is 14.7. The lowest BCUT2D eigenvalue weighted by Gasteiger charge is -2.38. The first kappa shape index (κ1) is 37.7. The summed E-state index contributed by atoms with van der Waals surface area (Å²) in [6.07, 6.45) is 2.32. The third-order valence-electron chi connectivity index (χ3n) is 9.70. The number of carbonyl (C=O) groups excluding carboxylic acids is 4. The molecule has 0 radical (unpaired) electrons. The number of halogens is 2. The summed E-state index contributed by atoms with van der Waals surface area (Å²) in [4.78, 5) is 59.0. The number of methoxy groups -OCH3 is 1. The third kappa shape index (κ3) is 7.01. The van der Waals surface area contributed by atoms with Gasteiger partial charge in [0.1, 0.15) is 17.7 Å². The summed E-state index contributed by atoms with van der Waals surface area (Å²) in [5.41, 5.74) is -0.387. The summed E-state index contributed by atoms with van der Waals surface area (Å²) in [5, 5.41) is 13.6. The van der Waals surface area contributed by atoms with E-state index in [1.54, 1.807) is 67.6 Å². The zero-order valence-electron chi connectivity index (χ0n) is 28.1. The van der Waals surface area contributed by atoms with Crippen LogP contribution in [0.4, 0.5) is 5.69 Å². The predicted octanol–water partition coefficient (Wildman–Crippen LogP) is 4.37. The number of fused-ring (bicyclic) bond motifs is 1. The van der Waals surface area contributed by atoms with Gasteiger partial charge in [0.15, 0.2) is 0 Å². The maximum atomic E-state index is 14.7. The largest absolute Gasteiger partial charge is 0.455 e. The van der Waals surface area contributed by atoms with Crippen LogP contribution in [0.25, 0.3) is 0 Å². The topological polar surface area (TPSA) is 135 Å². The van der Waals surface area contributed by atoms with Crippen molar-refractivity contribution < 1.29 is 38.5 Å². The van der Waals surface area contributed by atoms with Crippen LogP contribution in [0.5, 0.6) is 0 Å². The van der Waals surface area contributed by atoms with E-state index in [9.17, 15) is 24.3 Å². The number of carbonyl (C=O) groups is 4. The number of aliphatic hydroxyl groups is 1. The van der Waals surface area contributed by atoms with Gasteiger partial charge in [-0.1, -0.05) is 82.1 Å². The van der Waals surface area contributed by atoms with E-state index in [-0.39, 0.29) is 31.9 Å². The molecule has 3 aliphatic heterocycles. The highest BCUT2D eigenvalue weighted by Gasteiger charge is 2.77. The molecule has 50 heavy (non-hydrogen) atoms. The van der Waals surface area contributed by atoms with Gasteiger partial charge in [0.25, 0.3) is 5.91 Å². The van der Waals surface area contributed by atoms with Gasteiger partial charge in [-0.05, 0) is 37.5 Å². The molecule has 2 N–H and O–H groups in total. The van der Waals surface area contributed by atoms with Crippen molar-refractivity contribution in [1.29, 1.82) is 0 Å². The molecule has 2 aromatic rings. The lowest BCUT2D eigenvalue weighted by molar-refractivity contribution is -0.163. The van der Waals surface area contributed by atoms with Crippen molar-refractivity contribution in [2.75, 3.05) is 31.8 Å². The number of allylic oxidation sites excluding steroid dienone is 1. The first-order valence-corrected chi connectivity index (χ1v) is 17.9. The summed E-state index contributed by atoms with van der Waals surface area (Å²) in [6, 6.07) is 13.1. The molecule has 1 unspecified atom stereocenters. The number of rotatable bonds is 16. The Balaban J connectivity index is 1.53. The molecule has 0 aliphatic carbocycles. The summed E-state index contributed by atoms with van der Waals surface area (Å²) >= 11 is 10.2. The molecular weight excluding hydrogens is 730 g/mol. The Morgan fingerprint density at radius 2 is 1.88 bits per heavy atom. The summed E-state index contributed by atoms with van der Waals surface area (Å²) in [6.45, 7) is 8.83.